The third kappa shape index (κ3) is 7.12. The van der Waals surface area contributed by atoms with Gasteiger partial charge < -0.3 is 9.47 Å². The maximum absolute atomic E-state index is 5.40. The summed E-state index contributed by atoms with van der Waals surface area (Å²) in [7, 11) is 3.27. The van der Waals surface area contributed by atoms with Crippen molar-refractivity contribution < 1.29 is 9.47 Å². The van der Waals surface area contributed by atoms with Gasteiger partial charge >= 0.3 is 0 Å². The van der Waals surface area contributed by atoms with Crippen LogP contribution in [-0.4, -0.2) is 38.6 Å². The van der Waals surface area contributed by atoms with Crippen molar-refractivity contribution in [1.29, 1.82) is 0 Å². The number of hydrogen-bond donors (Lipinski definition) is 0. The van der Waals surface area contributed by atoms with E-state index in [2.05, 4.69) is 37.0 Å². The number of ether oxygens (including phenoxy) is 2. The Balaban J connectivity index is 5.07. The molecule has 0 aromatic rings. The predicted molar refractivity (Wildman–Crippen MR) is 86.6 cm³/mol. The topological polar surface area (TPSA) is 43.2 Å². The molecule has 0 aromatic heterocycles. The van der Waals surface area contributed by atoms with Crippen molar-refractivity contribution in [2.75, 3.05) is 20.8 Å². The number of rotatable bonds is 9. The first-order chi connectivity index (χ1) is 9.60. The molecule has 0 N–H and O–H groups in total. The zero-order chi connectivity index (χ0) is 15.4. The van der Waals surface area contributed by atoms with Gasteiger partial charge in [0.2, 0.25) is 5.90 Å². The third-order valence-electron chi connectivity index (χ3n) is 2.78. The Hall–Kier alpha value is -1.58. The normalized spacial score (nSPS) is 14.1. The second kappa shape index (κ2) is 11.3. The van der Waals surface area contributed by atoms with E-state index in [9.17, 15) is 0 Å². The van der Waals surface area contributed by atoms with Crippen LogP contribution in [0.5, 0.6) is 0 Å². The van der Waals surface area contributed by atoms with Gasteiger partial charge in [-0.15, -0.1) is 13.2 Å². The van der Waals surface area contributed by atoms with Gasteiger partial charge in [-0.3, -0.25) is 4.99 Å². The smallest absolute Gasteiger partial charge is 0.208 e. The lowest BCUT2D eigenvalue weighted by Crippen LogP contribution is -2.28. The van der Waals surface area contributed by atoms with E-state index < -0.39 is 0 Å². The van der Waals surface area contributed by atoms with Crippen LogP contribution in [0, 0.1) is 5.92 Å². The molecule has 0 spiro atoms. The molecule has 0 saturated heterocycles. The monoisotopic (exact) mass is 280 g/mol. The summed E-state index contributed by atoms with van der Waals surface area (Å²) in [6, 6.07) is -0.121. The van der Waals surface area contributed by atoms with Crippen molar-refractivity contribution in [3.63, 3.8) is 0 Å². The molecule has 4 heteroatoms. The lowest BCUT2D eigenvalue weighted by molar-refractivity contribution is 0.352. The minimum absolute atomic E-state index is 0.121. The zero-order valence-corrected chi connectivity index (χ0v) is 13.3. The fraction of sp³-hybridized carbons (Fsp3) is 0.625. The fourth-order valence-corrected chi connectivity index (χ4v) is 1.63. The summed E-state index contributed by atoms with van der Waals surface area (Å²) in [6.07, 6.45) is 6.11. The van der Waals surface area contributed by atoms with Gasteiger partial charge in [0.25, 0.3) is 0 Å². The molecule has 0 rings (SSSR count). The summed E-state index contributed by atoms with van der Waals surface area (Å²) >= 11 is 0. The maximum atomic E-state index is 5.40. The fourth-order valence-electron chi connectivity index (χ4n) is 1.63. The van der Waals surface area contributed by atoms with E-state index in [1.807, 2.05) is 12.2 Å². The lowest BCUT2D eigenvalue weighted by Gasteiger charge is -2.19. The first-order valence-electron chi connectivity index (χ1n) is 7.01. The molecule has 114 valence electrons. The van der Waals surface area contributed by atoms with Crippen molar-refractivity contribution >= 4 is 11.8 Å². The Kier molecular flexibility index (Phi) is 10.4. The lowest BCUT2D eigenvalue weighted by atomic mass is 10.0. The summed E-state index contributed by atoms with van der Waals surface area (Å²) in [6.45, 7) is 12.3. The Morgan fingerprint density at radius 1 is 1.10 bits per heavy atom. The molecule has 4 nitrogen and oxygen atoms in total. The predicted octanol–water partition coefficient (Wildman–Crippen LogP) is 3.64. The Morgan fingerprint density at radius 3 is 2.20 bits per heavy atom. The molecule has 0 saturated carbocycles. The largest absolute Gasteiger partial charge is 0.484 e. The zero-order valence-electron chi connectivity index (χ0n) is 13.3. The van der Waals surface area contributed by atoms with E-state index in [0.29, 0.717) is 18.3 Å². The molecule has 0 aromatic carbocycles. The quantitative estimate of drug-likeness (QED) is 0.280. The first kappa shape index (κ1) is 18.4. The van der Waals surface area contributed by atoms with Gasteiger partial charge in [-0.1, -0.05) is 26.0 Å². The molecular weight excluding hydrogens is 252 g/mol. The maximum Gasteiger partial charge on any atom is 0.208 e. The minimum atomic E-state index is -0.121. The summed E-state index contributed by atoms with van der Waals surface area (Å²) in [5.74, 6) is 1.64. The highest BCUT2D eigenvalue weighted by Gasteiger charge is 2.21. The molecule has 1 unspecified atom stereocenters. The van der Waals surface area contributed by atoms with Crippen LogP contribution < -0.4 is 0 Å². The average molecular weight is 280 g/mol. The number of methoxy groups -OCH3 is 2. The summed E-state index contributed by atoms with van der Waals surface area (Å²) < 4.78 is 10.7. The van der Waals surface area contributed by atoms with E-state index in [-0.39, 0.29) is 12.0 Å². The van der Waals surface area contributed by atoms with Crippen LogP contribution in [0.1, 0.15) is 33.1 Å². The highest BCUT2D eigenvalue weighted by Crippen LogP contribution is 2.12. The summed E-state index contributed by atoms with van der Waals surface area (Å²) in [5, 5.41) is 0. The molecule has 0 radical (unpaired) electrons. The highest BCUT2D eigenvalue weighted by molar-refractivity contribution is 5.86. The average Bonchev–Trinajstić information content (AvgIpc) is 2.44. The van der Waals surface area contributed by atoms with Gasteiger partial charge in [-0.05, 0) is 18.8 Å². The van der Waals surface area contributed by atoms with Crippen molar-refractivity contribution in [2.45, 2.75) is 39.2 Å². The van der Waals surface area contributed by atoms with Crippen LogP contribution in [-0.2, 0) is 9.47 Å². The molecule has 0 heterocycles. The van der Waals surface area contributed by atoms with Crippen molar-refractivity contribution in [3.05, 3.63) is 25.3 Å². The Labute approximate surface area is 123 Å². The van der Waals surface area contributed by atoms with Gasteiger partial charge in [-0.2, -0.15) is 0 Å². The Morgan fingerprint density at radius 2 is 1.75 bits per heavy atom. The number of aliphatic imine (C=N–C) groups is 2. The van der Waals surface area contributed by atoms with Crippen molar-refractivity contribution in [3.8, 4) is 0 Å². The summed E-state index contributed by atoms with van der Waals surface area (Å²) in [5.41, 5.74) is 0. The standard InChI is InChI=1S/C16H28N2O2/c1-7-9-11-14(19-5)18-15(13(3)4)16(20-6)17-12-10-8-2/h7-8,13,15H,1-2,9-12H2,3-6H3. The molecule has 0 fully saturated rings. The molecular formula is C16H28N2O2. The number of hydrogen-bond acceptors (Lipinski definition) is 4. The van der Waals surface area contributed by atoms with Crippen molar-refractivity contribution in [1.82, 2.24) is 0 Å². The first-order valence-corrected chi connectivity index (χ1v) is 7.01. The SMILES string of the molecule is C=CCCN=C(OC)C(N=C(CCC=C)OC)C(C)C. The van der Waals surface area contributed by atoms with E-state index in [1.54, 1.807) is 14.2 Å². The van der Waals surface area contributed by atoms with Crippen LogP contribution in [0.2, 0.25) is 0 Å². The molecule has 0 amide bonds. The van der Waals surface area contributed by atoms with E-state index >= 15 is 0 Å². The van der Waals surface area contributed by atoms with Crippen molar-refractivity contribution in [2.24, 2.45) is 15.9 Å². The molecule has 0 aliphatic heterocycles. The summed E-state index contributed by atoms with van der Waals surface area (Å²) in [4.78, 5) is 9.11. The second-order valence-corrected chi connectivity index (χ2v) is 4.74. The van der Waals surface area contributed by atoms with Crippen LogP contribution in [0.25, 0.3) is 0 Å². The Bertz CT molecular complexity index is 346. The minimum Gasteiger partial charge on any atom is -0.484 e. The van der Waals surface area contributed by atoms with Crippen LogP contribution in [0.4, 0.5) is 0 Å². The second-order valence-electron chi connectivity index (χ2n) is 4.74. The van der Waals surface area contributed by atoms with Crippen LogP contribution in [0.3, 0.4) is 0 Å². The van der Waals surface area contributed by atoms with Gasteiger partial charge in [-0.25, -0.2) is 4.99 Å². The van der Waals surface area contributed by atoms with E-state index in [4.69, 9.17) is 9.47 Å². The molecule has 0 bridgehead atoms. The number of allylic oxidation sites excluding steroid dienone is 1. The number of nitrogens with zero attached hydrogens (tertiary/aromatic N) is 2. The van der Waals surface area contributed by atoms with Gasteiger partial charge in [0, 0.05) is 13.0 Å². The molecule has 0 aliphatic rings. The third-order valence-corrected chi connectivity index (χ3v) is 2.78. The highest BCUT2D eigenvalue weighted by atomic mass is 16.5. The molecule has 1 atom stereocenters. The van der Waals surface area contributed by atoms with Gasteiger partial charge in [0.15, 0.2) is 5.90 Å². The molecule has 0 aliphatic carbocycles. The molecule has 20 heavy (non-hydrogen) atoms. The van der Waals surface area contributed by atoms with Gasteiger partial charge in [0.1, 0.15) is 6.04 Å². The van der Waals surface area contributed by atoms with Gasteiger partial charge in [0.05, 0.1) is 14.2 Å². The van der Waals surface area contributed by atoms with Crippen LogP contribution in [0.15, 0.2) is 35.3 Å². The van der Waals surface area contributed by atoms with Crippen LogP contribution >= 0.6 is 0 Å². The van der Waals surface area contributed by atoms with E-state index in [0.717, 1.165) is 19.3 Å². The van der Waals surface area contributed by atoms with E-state index in [1.165, 1.54) is 0 Å².